The molecule has 2 N–H and O–H groups in total. The first-order chi connectivity index (χ1) is 13.2. The van der Waals surface area contributed by atoms with Gasteiger partial charge in [-0.2, -0.15) is 0 Å². The van der Waals surface area contributed by atoms with Crippen LogP contribution in [0.25, 0.3) is 22.3 Å². The van der Waals surface area contributed by atoms with E-state index in [0.717, 1.165) is 33.4 Å². The SMILES string of the molecule is C[C@@H](O)c1ccc(CNc2nc(-c3ccccc3)nc3ccccc23)cc1. The van der Waals surface area contributed by atoms with E-state index in [1.54, 1.807) is 6.92 Å². The van der Waals surface area contributed by atoms with E-state index in [1.165, 1.54) is 0 Å². The Morgan fingerprint density at radius 1 is 0.852 bits per heavy atom. The highest BCUT2D eigenvalue weighted by Crippen LogP contribution is 2.25. The number of hydrogen-bond acceptors (Lipinski definition) is 4. The van der Waals surface area contributed by atoms with Crippen molar-refractivity contribution in [1.82, 2.24) is 9.97 Å². The maximum absolute atomic E-state index is 9.65. The third-order valence-corrected chi connectivity index (χ3v) is 4.56. The molecular weight excluding hydrogens is 334 g/mol. The maximum atomic E-state index is 9.65. The Hall–Kier alpha value is -3.24. The third-order valence-electron chi connectivity index (χ3n) is 4.56. The highest BCUT2D eigenvalue weighted by molar-refractivity contribution is 5.90. The molecule has 4 heteroatoms. The third kappa shape index (κ3) is 3.81. The van der Waals surface area contributed by atoms with E-state index in [1.807, 2.05) is 78.9 Å². The van der Waals surface area contributed by atoms with Crippen molar-refractivity contribution in [2.24, 2.45) is 0 Å². The van der Waals surface area contributed by atoms with Gasteiger partial charge in [-0.3, -0.25) is 0 Å². The highest BCUT2D eigenvalue weighted by Gasteiger charge is 2.09. The Kier molecular flexibility index (Phi) is 4.81. The van der Waals surface area contributed by atoms with Gasteiger partial charge in [0.15, 0.2) is 5.82 Å². The van der Waals surface area contributed by atoms with Gasteiger partial charge in [0.1, 0.15) is 5.82 Å². The topological polar surface area (TPSA) is 58.0 Å². The summed E-state index contributed by atoms with van der Waals surface area (Å²) in [7, 11) is 0. The van der Waals surface area contributed by atoms with Gasteiger partial charge in [0.05, 0.1) is 11.6 Å². The zero-order chi connectivity index (χ0) is 18.6. The number of benzene rings is 3. The van der Waals surface area contributed by atoms with Crippen LogP contribution < -0.4 is 5.32 Å². The zero-order valence-electron chi connectivity index (χ0n) is 15.1. The van der Waals surface area contributed by atoms with Crippen LogP contribution in [0, 0.1) is 0 Å². The number of para-hydroxylation sites is 1. The summed E-state index contributed by atoms with van der Waals surface area (Å²) in [5.41, 5.74) is 3.95. The van der Waals surface area contributed by atoms with Crippen LogP contribution >= 0.6 is 0 Å². The van der Waals surface area contributed by atoms with Crippen molar-refractivity contribution >= 4 is 16.7 Å². The summed E-state index contributed by atoms with van der Waals surface area (Å²) in [6.45, 7) is 2.42. The van der Waals surface area contributed by atoms with E-state index >= 15 is 0 Å². The van der Waals surface area contributed by atoms with Crippen LogP contribution in [0.5, 0.6) is 0 Å². The van der Waals surface area contributed by atoms with Gasteiger partial charge in [-0.1, -0.05) is 66.7 Å². The summed E-state index contributed by atoms with van der Waals surface area (Å²) in [6.07, 6.45) is -0.453. The molecule has 4 nitrogen and oxygen atoms in total. The average Bonchev–Trinajstić information content (AvgIpc) is 2.72. The first-order valence-corrected chi connectivity index (χ1v) is 9.04. The lowest BCUT2D eigenvalue weighted by Crippen LogP contribution is -2.04. The van der Waals surface area contributed by atoms with Gasteiger partial charge in [-0.25, -0.2) is 9.97 Å². The number of fused-ring (bicyclic) bond motifs is 1. The van der Waals surface area contributed by atoms with Gasteiger partial charge < -0.3 is 10.4 Å². The van der Waals surface area contributed by atoms with Gasteiger partial charge in [-0.15, -0.1) is 0 Å². The first kappa shape index (κ1) is 17.2. The number of anilines is 1. The molecule has 0 aliphatic rings. The molecule has 0 aliphatic carbocycles. The second-order valence-electron chi connectivity index (χ2n) is 6.55. The number of rotatable bonds is 5. The van der Waals surface area contributed by atoms with Crippen molar-refractivity contribution in [3.8, 4) is 11.4 Å². The van der Waals surface area contributed by atoms with Crippen LogP contribution in [-0.4, -0.2) is 15.1 Å². The molecule has 0 unspecified atom stereocenters. The van der Waals surface area contributed by atoms with Crippen LogP contribution in [0.15, 0.2) is 78.9 Å². The summed E-state index contributed by atoms with van der Waals surface area (Å²) < 4.78 is 0. The molecule has 1 aromatic heterocycles. The Bertz CT molecular complexity index is 1040. The molecule has 0 fully saturated rings. The second kappa shape index (κ2) is 7.56. The van der Waals surface area contributed by atoms with Crippen molar-refractivity contribution in [3.63, 3.8) is 0 Å². The van der Waals surface area contributed by atoms with E-state index in [0.29, 0.717) is 12.4 Å². The monoisotopic (exact) mass is 355 g/mol. The lowest BCUT2D eigenvalue weighted by molar-refractivity contribution is 0.199. The molecule has 0 saturated heterocycles. The molecule has 134 valence electrons. The maximum Gasteiger partial charge on any atom is 0.162 e. The molecular formula is C23H21N3O. The minimum atomic E-state index is -0.453. The molecule has 3 aromatic carbocycles. The Balaban J connectivity index is 1.66. The molecule has 0 radical (unpaired) electrons. The minimum Gasteiger partial charge on any atom is -0.389 e. The quantitative estimate of drug-likeness (QED) is 0.531. The van der Waals surface area contributed by atoms with E-state index in [2.05, 4.69) is 5.32 Å². The molecule has 1 atom stereocenters. The Morgan fingerprint density at radius 2 is 1.56 bits per heavy atom. The molecule has 4 aromatic rings. The minimum absolute atomic E-state index is 0.453. The molecule has 0 spiro atoms. The fourth-order valence-corrected chi connectivity index (χ4v) is 3.03. The van der Waals surface area contributed by atoms with Gasteiger partial charge >= 0.3 is 0 Å². The fourth-order valence-electron chi connectivity index (χ4n) is 3.03. The number of nitrogens with one attached hydrogen (secondary N) is 1. The van der Waals surface area contributed by atoms with Gasteiger partial charge in [0.25, 0.3) is 0 Å². The number of aliphatic hydroxyl groups excluding tert-OH is 1. The molecule has 0 aliphatic heterocycles. The predicted molar refractivity (Wildman–Crippen MR) is 109 cm³/mol. The van der Waals surface area contributed by atoms with Crippen LogP contribution in [0.3, 0.4) is 0 Å². The molecule has 0 bridgehead atoms. The summed E-state index contributed by atoms with van der Waals surface area (Å²) in [4.78, 5) is 9.48. The molecule has 1 heterocycles. The number of aromatic nitrogens is 2. The summed E-state index contributed by atoms with van der Waals surface area (Å²) in [5.74, 6) is 1.53. The lowest BCUT2D eigenvalue weighted by Gasteiger charge is -2.12. The van der Waals surface area contributed by atoms with Crippen molar-refractivity contribution in [2.45, 2.75) is 19.6 Å². The zero-order valence-corrected chi connectivity index (χ0v) is 15.1. The average molecular weight is 355 g/mol. The van der Waals surface area contributed by atoms with Gasteiger partial charge in [-0.05, 0) is 30.2 Å². The molecule has 27 heavy (non-hydrogen) atoms. The molecule has 4 rings (SSSR count). The highest BCUT2D eigenvalue weighted by atomic mass is 16.3. The van der Waals surface area contributed by atoms with Crippen LogP contribution in [0.2, 0.25) is 0 Å². The van der Waals surface area contributed by atoms with Gasteiger partial charge in [0, 0.05) is 17.5 Å². The largest absolute Gasteiger partial charge is 0.389 e. The van der Waals surface area contributed by atoms with E-state index in [4.69, 9.17) is 9.97 Å². The number of aliphatic hydroxyl groups is 1. The van der Waals surface area contributed by atoms with E-state index in [-0.39, 0.29) is 0 Å². The normalized spacial score (nSPS) is 12.1. The first-order valence-electron chi connectivity index (χ1n) is 9.04. The standard InChI is InChI=1S/C23H21N3O/c1-16(27)18-13-11-17(12-14-18)15-24-23-20-9-5-6-10-21(20)25-22(26-23)19-7-3-2-4-8-19/h2-14,16,27H,15H2,1H3,(H,24,25,26)/t16-/m1/s1. The van der Waals surface area contributed by atoms with Crippen LogP contribution in [0.4, 0.5) is 5.82 Å². The smallest absolute Gasteiger partial charge is 0.162 e. The summed E-state index contributed by atoms with van der Waals surface area (Å²) in [6, 6.07) is 26.0. The Morgan fingerprint density at radius 3 is 2.30 bits per heavy atom. The van der Waals surface area contributed by atoms with Crippen LogP contribution in [-0.2, 0) is 6.54 Å². The number of hydrogen-bond donors (Lipinski definition) is 2. The summed E-state index contributed by atoms with van der Waals surface area (Å²) in [5, 5.41) is 14.1. The summed E-state index contributed by atoms with van der Waals surface area (Å²) >= 11 is 0. The molecule has 0 saturated carbocycles. The van der Waals surface area contributed by atoms with Crippen molar-refractivity contribution in [1.29, 1.82) is 0 Å². The second-order valence-corrected chi connectivity index (χ2v) is 6.55. The van der Waals surface area contributed by atoms with E-state index < -0.39 is 6.10 Å². The predicted octanol–water partition coefficient (Wildman–Crippen LogP) is 4.96. The Labute approximate surface area is 158 Å². The number of nitrogens with zero attached hydrogens (tertiary/aromatic N) is 2. The molecule has 0 amide bonds. The van der Waals surface area contributed by atoms with Crippen molar-refractivity contribution < 1.29 is 5.11 Å². The van der Waals surface area contributed by atoms with Crippen molar-refractivity contribution in [2.75, 3.05) is 5.32 Å². The van der Waals surface area contributed by atoms with Gasteiger partial charge in [0.2, 0.25) is 0 Å². The van der Waals surface area contributed by atoms with E-state index in [9.17, 15) is 5.11 Å². The van der Waals surface area contributed by atoms with Crippen LogP contribution in [0.1, 0.15) is 24.2 Å². The van der Waals surface area contributed by atoms with Crippen molar-refractivity contribution in [3.05, 3.63) is 90.0 Å². The lowest BCUT2D eigenvalue weighted by atomic mass is 10.1. The fraction of sp³-hybridized carbons (Fsp3) is 0.130.